The van der Waals surface area contributed by atoms with Gasteiger partial charge in [-0.2, -0.15) is 0 Å². The minimum Gasteiger partial charge on any atom is -0.391 e. The fraction of sp³-hybridized carbons (Fsp3) is 0.921. The Morgan fingerprint density at radius 3 is 1.64 bits per heavy atom. The number of phosphoric ester groups is 1. The first kappa shape index (κ1) is 46.2. The molecule has 1 amide bonds. The van der Waals surface area contributed by atoms with Crippen LogP contribution in [0.4, 0.5) is 0 Å². The third kappa shape index (κ3) is 33.5. The molecule has 0 bridgehead atoms. The van der Waals surface area contributed by atoms with Gasteiger partial charge in [0.15, 0.2) is 0 Å². The van der Waals surface area contributed by atoms with Gasteiger partial charge < -0.3 is 19.8 Å². The lowest BCUT2D eigenvalue weighted by Gasteiger charge is -2.26. The quantitative estimate of drug-likeness (QED) is 0.0265. The summed E-state index contributed by atoms with van der Waals surface area (Å²) in [6.45, 7) is 4.76. The van der Waals surface area contributed by atoms with Crippen LogP contribution in [-0.4, -0.2) is 73.4 Å². The number of unbranched alkanes of at least 4 members (excludes halogenated alkanes) is 20. The van der Waals surface area contributed by atoms with Crippen molar-refractivity contribution in [3.8, 4) is 0 Å². The van der Waals surface area contributed by atoms with E-state index >= 15 is 0 Å². The number of rotatable bonds is 35. The number of aliphatic hydroxyl groups excluding tert-OH is 1. The number of aliphatic hydroxyl groups is 1. The van der Waals surface area contributed by atoms with Crippen LogP contribution in [0.5, 0.6) is 0 Å². The lowest BCUT2D eigenvalue weighted by Crippen LogP contribution is -2.46. The predicted octanol–water partition coefficient (Wildman–Crippen LogP) is 10.0. The first-order valence-electron chi connectivity index (χ1n) is 19.6. The molecule has 3 unspecified atom stereocenters. The van der Waals surface area contributed by atoms with Crippen LogP contribution >= 0.6 is 7.82 Å². The van der Waals surface area contributed by atoms with E-state index in [2.05, 4.69) is 31.3 Å². The predicted molar refractivity (Wildman–Crippen MR) is 198 cm³/mol. The SMILES string of the molecule is CCCCCCCCCC/C=C\CCCCCCCCCCCC(=O)NC(COP(=O)(O)OCC[N+](C)(C)C)C(O)CCCCCC. The number of hydrogen-bond donors (Lipinski definition) is 3. The van der Waals surface area contributed by atoms with E-state index in [9.17, 15) is 19.4 Å². The number of phosphoric acid groups is 1. The number of carbonyl (C=O) groups excluding carboxylic acids is 1. The first-order chi connectivity index (χ1) is 22.5. The zero-order valence-corrected chi connectivity index (χ0v) is 32.4. The van der Waals surface area contributed by atoms with Crippen LogP contribution in [-0.2, 0) is 18.4 Å². The Bertz CT molecular complexity index is 789. The minimum atomic E-state index is -4.29. The van der Waals surface area contributed by atoms with E-state index in [1.807, 2.05) is 21.1 Å². The van der Waals surface area contributed by atoms with Crippen LogP contribution in [0.15, 0.2) is 12.2 Å². The molecule has 0 radical (unpaired) electrons. The van der Waals surface area contributed by atoms with Crippen molar-refractivity contribution >= 4 is 13.7 Å². The molecule has 0 aliphatic heterocycles. The molecule has 0 rings (SSSR count). The van der Waals surface area contributed by atoms with Gasteiger partial charge in [0.1, 0.15) is 13.2 Å². The number of nitrogens with zero attached hydrogens (tertiary/aromatic N) is 1. The summed E-state index contributed by atoms with van der Waals surface area (Å²) < 4.78 is 23.3. The standard InChI is InChI=1S/C38H77N2O6P/c1-6-8-10-12-13-14-15-16-17-18-19-20-21-22-23-24-25-26-27-28-30-32-38(42)39-36(37(41)31-29-11-9-7-2)35-46-47(43,44)45-34-33-40(3,4)5/h18-19,36-37,41H,6-17,20-35H2,1-5H3,(H-,39,42,43,44)/p+1/b19-18-. The maximum Gasteiger partial charge on any atom is 0.472 e. The number of carbonyl (C=O) groups is 1. The Balaban J connectivity index is 4.05. The molecule has 0 saturated heterocycles. The van der Waals surface area contributed by atoms with Gasteiger partial charge in [0, 0.05) is 6.42 Å². The highest BCUT2D eigenvalue weighted by Crippen LogP contribution is 2.43. The molecule has 9 heteroatoms. The van der Waals surface area contributed by atoms with Gasteiger partial charge in [0.2, 0.25) is 5.91 Å². The molecule has 47 heavy (non-hydrogen) atoms. The summed E-state index contributed by atoms with van der Waals surface area (Å²) in [7, 11) is 1.61. The number of nitrogens with one attached hydrogen (secondary N) is 1. The van der Waals surface area contributed by atoms with Gasteiger partial charge in [-0.3, -0.25) is 13.8 Å². The Morgan fingerprint density at radius 1 is 0.702 bits per heavy atom. The van der Waals surface area contributed by atoms with Crippen molar-refractivity contribution in [3.63, 3.8) is 0 Å². The summed E-state index contributed by atoms with van der Waals surface area (Å²) in [5.41, 5.74) is 0. The van der Waals surface area contributed by atoms with Gasteiger partial charge in [-0.1, -0.05) is 142 Å². The molecule has 3 N–H and O–H groups in total. The number of amides is 1. The normalized spacial score (nSPS) is 14.8. The lowest BCUT2D eigenvalue weighted by atomic mass is 10.0. The zero-order valence-electron chi connectivity index (χ0n) is 31.5. The van der Waals surface area contributed by atoms with E-state index in [0.717, 1.165) is 44.9 Å². The molecule has 0 aliphatic rings. The van der Waals surface area contributed by atoms with Crippen LogP contribution in [0.25, 0.3) is 0 Å². The third-order valence-electron chi connectivity index (χ3n) is 8.76. The monoisotopic (exact) mass is 690 g/mol. The topological polar surface area (TPSA) is 105 Å². The summed E-state index contributed by atoms with van der Waals surface area (Å²) in [5.74, 6) is -0.156. The van der Waals surface area contributed by atoms with Gasteiger partial charge >= 0.3 is 7.82 Å². The molecule has 280 valence electrons. The Kier molecular flexibility index (Phi) is 30.7. The molecule has 0 spiro atoms. The van der Waals surface area contributed by atoms with Crippen molar-refractivity contribution in [3.05, 3.63) is 12.2 Å². The molecule has 0 aliphatic carbocycles. The molecule has 0 aromatic rings. The van der Waals surface area contributed by atoms with Crippen LogP contribution in [0.3, 0.4) is 0 Å². The van der Waals surface area contributed by atoms with Crippen LogP contribution < -0.4 is 5.32 Å². The second kappa shape index (κ2) is 31.2. The van der Waals surface area contributed by atoms with E-state index in [4.69, 9.17) is 9.05 Å². The molecular weight excluding hydrogens is 611 g/mol. The highest BCUT2D eigenvalue weighted by Gasteiger charge is 2.28. The van der Waals surface area contributed by atoms with Crippen molar-refractivity contribution in [2.24, 2.45) is 0 Å². The van der Waals surface area contributed by atoms with E-state index in [1.54, 1.807) is 0 Å². The third-order valence-corrected chi connectivity index (χ3v) is 9.75. The summed E-state index contributed by atoms with van der Waals surface area (Å²) in [4.78, 5) is 22.8. The van der Waals surface area contributed by atoms with Gasteiger partial charge in [-0.05, 0) is 38.5 Å². The summed E-state index contributed by atoms with van der Waals surface area (Å²) in [6.07, 6.45) is 32.9. The Hall–Kier alpha value is -0.760. The Labute approximate surface area is 291 Å². The van der Waals surface area contributed by atoms with Crippen LogP contribution in [0.2, 0.25) is 0 Å². The second-order valence-corrected chi connectivity index (χ2v) is 16.1. The minimum absolute atomic E-state index is 0.0744. The molecule has 0 fully saturated rings. The fourth-order valence-corrected chi connectivity index (χ4v) is 6.30. The van der Waals surface area contributed by atoms with Crippen molar-refractivity contribution in [2.75, 3.05) is 40.9 Å². The summed E-state index contributed by atoms with van der Waals surface area (Å²) >= 11 is 0. The molecule has 0 aromatic heterocycles. The lowest BCUT2D eigenvalue weighted by molar-refractivity contribution is -0.870. The molecule has 0 saturated carbocycles. The fourth-order valence-electron chi connectivity index (χ4n) is 5.57. The summed E-state index contributed by atoms with van der Waals surface area (Å²) in [6, 6.07) is -0.753. The highest BCUT2D eigenvalue weighted by atomic mass is 31.2. The van der Waals surface area contributed by atoms with E-state index in [0.29, 0.717) is 23.9 Å². The molecule has 0 aromatic carbocycles. The van der Waals surface area contributed by atoms with Crippen molar-refractivity contribution in [2.45, 2.75) is 187 Å². The van der Waals surface area contributed by atoms with Gasteiger partial charge in [0.25, 0.3) is 0 Å². The largest absolute Gasteiger partial charge is 0.472 e. The average molecular weight is 690 g/mol. The number of allylic oxidation sites excluding steroid dienone is 2. The molecular formula is C38H78N2O6P+. The first-order valence-corrected chi connectivity index (χ1v) is 21.0. The maximum absolute atomic E-state index is 12.7. The Morgan fingerprint density at radius 2 is 1.15 bits per heavy atom. The van der Waals surface area contributed by atoms with E-state index in [1.165, 1.54) is 103 Å². The van der Waals surface area contributed by atoms with E-state index in [-0.39, 0.29) is 19.1 Å². The maximum atomic E-state index is 12.7. The smallest absolute Gasteiger partial charge is 0.391 e. The number of quaternary nitrogens is 1. The summed E-state index contributed by atoms with van der Waals surface area (Å²) in [5, 5.41) is 13.6. The average Bonchev–Trinajstić information content (AvgIpc) is 3.01. The molecule has 0 heterocycles. The molecule has 8 nitrogen and oxygen atoms in total. The van der Waals surface area contributed by atoms with Crippen molar-refractivity contribution in [1.29, 1.82) is 0 Å². The van der Waals surface area contributed by atoms with Gasteiger partial charge in [0.05, 0.1) is 39.9 Å². The van der Waals surface area contributed by atoms with E-state index < -0.39 is 20.0 Å². The van der Waals surface area contributed by atoms with Crippen molar-refractivity contribution < 1.29 is 32.9 Å². The van der Waals surface area contributed by atoms with Gasteiger partial charge in [-0.15, -0.1) is 0 Å². The highest BCUT2D eigenvalue weighted by molar-refractivity contribution is 7.47. The second-order valence-electron chi connectivity index (χ2n) is 14.7. The zero-order chi connectivity index (χ0) is 35.1. The van der Waals surface area contributed by atoms with Gasteiger partial charge in [-0.25, -0.2) is 4.57 Å². The van der Waals surface area contributed by atoms with Crippen molar-refractivity contribution in [1.82, 2.24) is 5.32 Å². The number of likely N-dealkylation sites (N-methyl/N-ethyl adjacent to an activating group) is 1. The van der Waals surface area contributed by atoms with Crippen LogP contribution in [0.1, 0.15) is 174 Å². The number of hydrogen-bond acceptors (Lipinski definition) is 5. The molecule has 3 atom stereocenters. The van der Waals surface area contributed by atoms with Crippen LogP contribution in [0, 0.1) is 0 Å².